The van der Waals surface area contributed by atoms with Gasteiger partial charge in [-0.1, -0.05) is 30.3 Å². The second-order valence-corrected chi connectivity index (χ2v) is 9.08. The number of aromatic nitrogens is 1. The number of nitrogens with zero attached hydrogens (tertiary/aromatic N) is 2. The summed E-state index contributed by atoms with van der Waals surface area (Å²) >= 11 is 0. The van der Waals surface area contributed by atoms with Crippen molar-refractivity contribution in [2.75, 3.05) is 45.1 Å². The van der Waals surface area contributed by atoms with Crippen molar-refractivity contribution in [1.29, 1.82) is 0 Å². The van der Waals surface area contributed by atoms with Crippen molar-refractivity contribution in [1.82, 2.24) is 10.3 Å². The summed E-state index contributed by atoms with van der Waals surface area (Å²) in [6.45, 7) is 1.80. The molecule has 3 aromatic rings. The van der Waals surface area contributed by atoms with E-state index in [1.807, 2.05) is 12.1 Å². The summed E-state index contributed by atoms with van der Waals surface area (Å²) in [4.78, 5) is 7.03. The van der Waals surface area contributed by atoms with Crippen LogP contribution in [-0.2, 0) is 6.54 Å². The number of ether oxygens (including phenoxy) is 2. The first kappa shape index (κ1) is 23.2. The molecular weight excluding hydrogens is 412 g/mol. The molecule has 4 rings (SSSR count). The molecule has 0 atom stereocenters. The van der Waals surface area contributed by atoms with Crippen molar-refractivity contribution in [2.24, 2.45) is 5.92 Å². The number of rotatable bonds is 9. The third-order valence-corrected chi connectivity index (χ3v) is 6.61. The summed E-state index contributed by atoms with van der Waals surface area (Å²) in [5, 5.41) is 8.53. The average Bonchev–Trinajstić information content (AvgIpc) is 2.84. The molecule has 1 aliphatic carbocycles. The fraction of sp³-hybridized carbons (Fsp3) is 0.444. The third-order valence-electron chi connectivity index (χ3n) is 6.61. The molecule has 6 nitrogen and oxygen atoms in total. The summed E-state index contributed by atoms with van der Waals surface area (Å²) in [6, 6.07) is 17.0. The number of methoxy groups -OCH3 is 2. The minimum Gasteiger partial charge on any atom is -0.493 e. The standard InChI is InChI=1S/C27H36N4O2/c1-31(2)24-16-26(30-23-10-6-5-9-22(23)24)29-21-14-12-19(13-15-21)17-28-18-20-8-7-11-25(32-3)27(20)33-4/h5-11,16,19,21,28H,12-15,17-18H2,1-4H3,(H,29,30)/t19-,21+. The van der Waals surface area contributed by atoms with E-state index >= 15 is 0 Å². The second-order valence-electron chi connectivity index (χ2n) is 9.08. The van der Waals surface area contributed by atoms with Gasteiger partial charge in [-0.05, 0) is 50.3 Å². The molecule has 0 unspecified atom stereocenters. The van der Waals surface area contributed by atoms with Crippen LogP contribution in [0.25, 0.3) is 10.9 Å². The van der Waals surface area contributed by atoms with E-state index in [4.69, 9.17) is 14.5 Å². The van der Waals surface area contributed by atoms with Crippen LogP contribution in [0.15, 0.2) is 48.5 Å². The van der Waals surface area contributed by atoms with Gasteiger partial charge in [-0.3, -0.25) is 0 Å². The second kappa shape index (κ2) is 10.8. The van der Waals surface area contributed by atoms with E-state index in [0.717, 1.165) is 41.5 Å². The number of hydrogen-bond donors (Lipinski definition) is 2. The Morgan fingerprint density at radius 1 is 0.970 bits per heavy atom. The Labute approximate surface area is 197 Å². The molecule has 0 aliphatic heterocycles. The van der Waals surface area contributed by atoms with E-state index in [1.54, 1.807) is 14.2 Å². The molecule has 2 aromatic carbocycles. The smallest absolute Gasteiger partial charge is 0.165 e. The maximum atomic E-state index is 5.55. The van der Waals surface area contributed by atoms with Crippen LogP contribution in [0.4, 0.5) is 11.5 Å². The summed E-state index contributed by atoms with van der Waals surface area (Å²) in [7, 11) is 7.55. The summed E-state index contributed by atoms with van der Waals surface area (Å²) in [5.41, 5.74) is 3.37. The van der Waals surface area contributed by atoms with Crippen molar-refractivity contribution < 1.29 is 9.47 Å². The molecule has 0 saturated heterocycles. The van der Waals surface area contributed by atoms with E-state index in [1.165, 1.54) is 36.8 Å². The van der Waals surface area contributed by atoms with Crippen molar-refractivity contribution >= 4 is 22.4 Å². The predicted molar refractivity (Wildman–Crippen MR) is 137 cm³/mol. The van der Waals surface area contributed by atoms with Gasteiger partial charge in [0.05, 0.1) is 19.7 Å². The molecule has 0 radical (unpaired) electrons. The van der Waals surface area contributed by atoms with Gasteiger partial charge in [0, 0.05) is 49.4 Å². The van der Waals surface area contributed by atoms with Crippen LogP contribution in [0.1, 0.15) is 31.2 Å². The van der Waals surface area contributed by atoms with Gasteiger partial charge >= 0.3 is 0 Å². The Balaban J connectivity index is 1.29. The van der Waals surface area contributed by atoms with Crippen LogP contribution in [0.3, 0.4) is 0 Å². The van der Waals surface area contributed by atoms with Gasteiger partial charge in [-0.15, -0.1) is 0 Å². The molecule has 1 aliphatic rings. The maximum Gasteiger partial charge on any atom is 0.165 e. The molecule has 1 saturated carbocycles. The lowest BCUT2D eigenvalue weighted by atomic mass is 9.86. The highest BCUT2D eigenvalue weighted by molar-refractivity contribution is 5.93. The number of hydrogen-bond acceptors (Lipinski definition) is 6. The molecular formula is C27H36N4O2. The van der Waals surface area contributed by atoms with E-state index in [-0.39, 0.29) is 0 Å². The lowest BCUT2D eigenvalue weighted by molar-refractivity contribution is 0.321. The molecule has 1 heterocycles. The van der Waals surface area contributed by atoms with E-state index < -0.39 is 0 Å². The zero-order valence-corrected chi connectivity index (χ0v) is 20.2. The Bertz CT molecular complexity index is 1060. The van der Waals surface area contributed by atoms with E-state index in [9.17, 15) is 0 Å². The van der Waals surface area contributed by atoms with Crippen molar-refractivity contribution in [3.05, 3.63) is 54.1 Å². The summed E-state index contributed by atoms with van der Waals surface area (Å²) in [6.07, 6.45) is 4.77. The molecule has 0 spiro atoms. The molecule has 6 heteroatoms. The Morgan fingerprint density at radius 3 is 2.48 bits per heavy atom. The van der Waals surface area contributed by atoms with Crippen molar-refractivity contribution in [2.45, 2.75) is 38.3 Å². The van der Waals surface area contributed by atoms with Crippen LogP contribution in [0.5, 0.6) is 11.5 Å². The summed E-state index contributed by atoms with van der Waals surface area (Å²) < 4.78 is 11.0. The molecule has 33 heavy (non-hydrogen) atoms. The monoisotopic (exact) mass is 448 g/mol. The first-order valence-electron chi connectivity index (χ1n) is 11.8. The Morgan fingerprint density at radius 2 is 1.76 bits per heavy atom. The molecule has 1 fully saturated rings. The zero-order chi connectivity index (χ0) is 23.2. The van der Waals surface area contributed by atoms with Gasteiger partial charge in [0.1, 0.15) is 5.82 Å². The van der Waals surface area contributed by atoms with Gasteiger partial charge in [0.25, 0.3) is 0 Å². The van der Waals surface area contributed by atoms with Gasteiger partial charge in [0.15, 0.2) is 11.5 Å². The maximum absolute atomic E-state index is 5.55. The van der Waals surface area contributed by atoms with Gasteiger partial charge in [-0.2, -0.15) is 0 Å². The number of benzene rings is 2. The topological polar surface area (TPSA) is 58.7 Å². The van der Waals surface area contributed by atoms with Crippen LogP contribution in [0.2, 0.25) is 0 Å². The Kier molecular flexibility index (Phi) is 7.55. The number of para-hydroxylation sites is 2. The minimum atomic E-state index is 0.475. The largest absolute Gasteiger partial charge is 0.493 e. The van der Waals surface area contributed by atoms with Crippen molar-refractivity contribution in [3.63, 3.8) is 0 Å². The minimum absolute atomic E-state index is 0.475. The lowest BCUT2D eigenvalue weighted by Gasteiger charge is -2.30. The first-order valence-corrected chi connectivity index (χ1v) is 11.8. The van der Waals surface area contributed by atoms with Crippen LogP contribution >= 0.6 is 0 Å². The fourth-order valence-electron chi connectivity index (χ4n) is 4.82. The van der Waals surface area contributed by atoms with Crippen LogP contribution in [-0.4, -0.2) is 45.9 Å². The molecule has 1 aromatic heterocycles. The highest BCUT2D eigenvalue weighted by atomic mass is 16.5. The number of nitrogens with one attached hydrogen (secondary N) is 2. The average molecular weight is 449 g/mol. The van der Waals surface area contributed by atoms with E-state index in [0.29, 0.717) is 12.0 Å². The molecule has 0 bridgehead atoms. The highest BCUT2D eigenvalue weighted by Gasteiger charge is 2.22. The summed E-state index contributed by atoms with van der Waals surface area (Å²) in [5.74, 6) is 3.27. The molecule has 176 valence electrons. The lowest BCUT2D eigenvalue weighted by Crippen LogP contribution is -2.31. The first-order chi connectivity index (χ1) is 16.1. The highest BCUT2D eigenvalue weighted by Crippen LogP contribution is 2.32. The number of fused-ring (bicyclic) bond motifs is 1. The van der Waals surface area contributed by atoms with Crippen molar-refractivity contribution in [3.8, 4) is 11.5 Å². The Hall–Kier alpha value is -2.99. The van der Waals surface area contributed by atoms with E-state index in [2.05, 4.69) is 66.0 Å². The van der Waals surface area contributed by atoms with Gasteiger partial charge in [-0.25, -0.2) is 4.98 Å². The van der Waals surface area contributed by atoms with Gasteiger partial charge < -0.3 is 25.0 Å². The molecule has 0 amide bonds. The quantitative estimate of drug-likeness (QED) is 0.476. The third kappa shape index (κ3) is 5.50. The molecule has 2 N–H and O–H groups in total. The fourth-order valence-corrected chi connectivity index (χ4v) is 4.82. The van der Waals surface area contributed by atoms with Crippen LogP contribution < -0.4 is 25.0 Å². The predicted octanol–water partition coefficient (Wildman–Crippen LogP) is 5.08. The SMILES string of the molecule is COc1cccc(CNC[C@H]2CC[C@@H](Nc3cc(N(C)C)c4ccccc4n3)CC2)c1OC. The van der Waals surface area contributed by atoms with Crippen LogP contribution in [0, 0.1) is 5.92 Å². The van der Waals surface area contributed by atoms with Gasteiger partial charge in [0.2, 0.25) is 0 Å². The zero-order valence-electron chi connectivity index (χ0n) is 20.2. The number of anilines is 2. The number of pyridine rings is 1. The normalized spacial score (nSPS) is 18.2.